The first kappa shape index (κ1) is 21.5. The van der Waals surface area contributed by atoms with Crippen molar-refractivity contribution in [2.75, 3.05) is 12.4 Å². The van der Waals surface area contributed by atoms with Gasteiger partial charge in [-0.2, -0.15) is 0 Å². The number of fused-ring (bicyclic) bond motifs is 1. The van der Waals surface area contributed by atoms with Gasteiger partial charge in [0.2, 0.25) is 0 Å². The van der Waals surface area contributed by atoms with E-state index in [9.17, 15) is 13.2 Å². The van der Waals surface area contributed by atoms with E-state index in [4.69, 9.17) is 4.74 Å². The Morgan fingerprint density at radius 3 is 2.41 bits per heavy atom. The topological polar surface area (TPSA) is 59.9 Å². The number of ether oxygens (including phenoxy) is 1. The molecule has 0 saturated heterocycles. The zero-order valence-electron chi connectivity index (χ0n) is 17.7. The van der Waals surface area contributed by atoms with Crippen LogP contribution in [0.3, 0.4) is 0 Å². The van der Waals surface area contributed by atoms with Gasteiger partial charge in [0, 0.05) is 28.9 Å². The Hall–Kier alpha value is -3.68. The molecular weight excluding hydrogens is 417 g/mol. The highest BCUT2D eigenvalue weighted by molar-refractivity contribution is 5.95. The fourth-order valence-corrected chi connectivity index (χ4v) is 3.66. The lowest BCUT2D eigenvalue weighted by Crippen LogP contribution is -2.12. The Bertz CT molecular complexity index is 1270. The molecule has 0 aliphatic carbocycles. The van der Waals surface area contributed by atoms with Crippen molar-refractivity contribution in [3.05, 3.63) is 77.6 Å². The van der Waals surface area contributed by atoms with E-state index in [1.165, 1.54) is 12.1 Å². The van der Waals surface area contributed by atoms with Gasteiger partial charge in [0.15, 0.2) is 0 Å². The Balaban J connectivity index is 1.79. The quantitative estimate of drug-likeness (QED) is 0.385. The van der Waals surface area contributed by atoms with E-state index in [2.05, 4.69) is 20.3 Å². The second-order valence-electron chi connectivity index (χ2n) is 7.34. The monoisotopic (exact) mass is 438 g/mol. The van der Waals surface area contributed by atoms with Gasteiger partial charge < -0.3 is 10.1 Å². The highest BCUT2D eigenvalue weighted by Crippen LogP contribution is 2.36. The van der Waals surface area contributed by atoms with Crippen LogP contribution >= 0.6 is 0 Å². The number of nitrogens with zero attached hydrogens (tertiary/aromatic N) is 3. The minimum Gasteiger partial charge on any atom is -0.496 e. The van der Waals surface area contributed by atoms with Gasteiger partial charge in [0.25, 0.3) is 6.43 Å². The number of methoxy groups -OCH3 is 1. The molecule has 0 saturated carbocycles. The zero-order valence-corrected chi connectivity index (χ0v) is 17.7. The highest BCUT2D eigenvalue weighted by atomic mass is 19.3. The molecule has 0 bridgehead atoms. The number of anilines is 1. The van der Waals surface area contributed by atoms with Crippen molar-refractivity contribution in [2.24, 2.45) is 0 Å². The minimum atomic E-state index is -2.89. The van der Waals surface area contributed by atoms with Crippen LogP contribution in [0, 0.1) is 12.7 Å². The van der Waals surface area contributed by atoms with E-state index in [1.807, 2.05) is 24.3 Å². The lowest BCUT2D eigenvalue weighted by molar-refractivity contribution is 0.146. The lowest BCUT2D eigenvalue weighted by Gasteiger charge is -2.19. The van der Waals surface area contributed by atoms with Crippen LogP contribution in [0.2, 0.25) is 0 Å². The number of alkyl halides is 2. The molecule has 8 heteroatoms. The largest absolute Gasteiger partial charge is 0.496 e. The van der Waals surface area contributed by atoms with Crippen molar-refractivity contribution in [3.63, 3.8) is 0 Å². The third-order valence-corrected chi connectivity index (χ3v) is 5.23. The fraction of sp³-hybridized carbons (Fsp3) is 0.208. The van der Waals surface area contributed by atoms with E-state index in [-0.39, 0.29) is 5.56 Å². The number of aromatic nitrogens is 3. The predicted molar refractivity (Wildman–Crippen MR) is 117 cm³/mol. The summed E-state index contributed by atoms with van der Waals surface area (Å²) in [7, 11) is 1.57. The summed E-state index contributed by atoms with van der Waals surface area (Å²) in [6.07, 6.45) is 0.502. The summed E-state index contributed by atoms with van der Waals surface area (Å²) in [5, 5.41) is 3.83. The first-order valence-corrected chi connectivity index (χ1v) is 9.98. The number of pyridine rings is 1. The van der Waals surface area contributed by atoms with Crippen molar-refractivity contribution in [1.82, 2.24) is 15.0 Å². The molecular formula is C24H21F3N4O. The number of benzene rings is 2. The van der Waals surface area contributed by atoms with Crippen LogP contribution in [0.15, 0.2) is 54.9 Å². The number of halogens is 3. The van der Waals surface area contributed by atoms with Gasteiger partial charge in [-0.3, -0.25) is 4.98 Å². The lowest BCUT2D eigenvalue weighted by atomic mass is 10.0. The maximum Gasteiger partial charge on any atom is 0.266 e. The van der Waals surface area contributed by atoms with Gasteiger partial charge in [0.1, 0.15) is 23.2 Å². The van der Waals surface area contributed by atoms with Crippen molar-refractivity contribution < 1.29 is 17.9 Å². The highest BCUT2D eigenvalue weighted by Gasteiger charge is 2.21. The summed E-state index contributed by atoms with van der Waals surface area (Å²) in [6.45, 7) is 3.45. The molecule has 0 radical (unpaired) electrons. The number of rotatable bonds is 6. The third kappa shape index (κ3) is 4.08. The molecule has 0 fully saturated rings. The molecule has 1 N–H and O–H groups in total. The Kier molecular flexibility index (Phi) is 5.94. The smallest absolute Gasteiger partial charge is 0.266 e. The molecule has 164 valence electrons. The van der Waals surface area contributed by atoms with Crippen LogP contribution in [-0.4, -0.2) is 22.1 Å². The number of hydrogen-bond acceptors (Lipinski definition) is 5. The van der Waals surface area contributed by atoms with E-state index < -0.39 is 23.8 Å². The van der Waals surface area contributed by atoms with E-state index >= 15 is 0 Å². The first-order chi connectivity index (χ1) is 15.4. The van der Waals surface area contributed by atoms with Crippen LogP contribution < -0.4 is 10.1 Å². The van der Waals surface area contributed by atoms with Crippen LogP contribution in [0.4, 0.5) is 19.0 Å². The van der Waals surface area contributed by atoms with Gasteiger partial charge in [-0.05, 0) is 43.7 Å². The van der Waals surface area contributed by atoms with Gasteiger partial charge in [-0.25, -0.2) is 23.1 Å². The average Bonchev–Trinajstić information content (AvgIpc) is 2.78. The molecule has 1 unspecified atom stereocenters. The molecule has 0 spiro atoms. The molecule has 4 rings (SSSR count). The van der Waals surface area contributed by atoms with E-state index in [0.29, 0.717) is 28.3 Å². The molecule has 0 amide bonds. The maximum atomic E-state index is 14.7. The number of nitrogens with one attached hydrogen (secondary N) is 1. The second kappa shape index (κ2) is 8.82. The average molecular weight is 438 g/mol. The first-order valence-electron chi connectivity index (χ1n) is 9.98. The third-order valence-electron chi connectivity index (χ3n) is 5.23. The summed E-state index contributed by atoms with van der Waals surface area (Å²) >= 11 is 0. The molecule has 1 atom stereocenters. The van der Waals surface area contributed by atoms with Gasteiger partial charge >= 0.3 is 0 Å². The summed E-state index contributed by atoms with van der Waals surface area (Å²) < 4.78 is 46.5. The van der Waals surface area contributed by atoms with Crippen LogP contribution in [0.1, 0.15) is 36.3 Å². The van der Waals surface area contributed by atoms with Crippen molar-refractivity contribution in [3.8, 4) is 16.9 Å². The van der Waals surface area contributed by atoms with Crippen LogP contribution in [0.5, 0.6) is 5.75 Å². The number of hydrogen-bond donors (Lipinski definition) is 1. The van der Waals surface area contributed by atoms with Gasteiger partial charge in [-0.1, -0.05) is 18.2 Å². The normalized spacial score (nSPS) is 12.2. The number of aryl methyl sites for hydroxylation is 1. The second-order valence-corrected chi connectivity index (χ2v) is 7.34. The fourth-order valence-electron chi connectivity index (χ4n) is 3.66. The Morgan fingerprint density at radius 2 is 1.72 bits per heavy atom. The summed E-state index contributed by atoms with van der Waals surface area (Å²) in [6, 6.07) is 10.8. The summed E-state index contributed by atoms with van der Waals surface area (Å²) in [4.78, 5) is 13.1. The van der Waals surface area contributed by atoms with Crippen molar-refractivity contribution in [2.45, 2.75) is 26.3 Å². The molecule has 0 aliphatic heterocycles. The van der Waals surface area contributed by atoms with E-state index in [1.54, 1.807) is 33.4 Å². The predicted octanol–water partition coefficient (Wildman–Crippen LogP) is 6.26. The zero-order chi connectivity index (χ0) is 22.8. The molecule has 4 aromatic rings. The maximum absolute atomic E-state index is 14.7. The van der Waals surface area contributed by atoms with E-state index in [0.717, 1.165) is 17.2 Å². The Labute approximate surface area is 183 Å². The standard InChI is InChI=1S/C24H21F3N4O/c1-13(16-5-4-6-17(22(16)25)23(26)27)29-24-19-12-21(32-3)18(15-7-9-28-10-8-15)11-20(19)30-14(2)31-24/h4-13,23H,1-3H3,(H,29,30,31). The summed E-state index contributed by atoms with van der Waals surface area (Å²) in [5.74, 6) is 0.661. The molecule has 2 heterocycles. The van der Waals surface area contributed by atoms with Crippen LogP contribution in [-0.2, 0) is 0 Å². The van der Waals surface area contributed by atoms with Gasteiger partial charge in [-0.15, -0.1) is 0 Å². The summed E-state index contributed by atoms with van der Waals surface area (Å²) in [5.41, 5.74) is 1.94. The van der Waals surface area contributed by atoms with Crippen molar-refractivity contribution in [1.29, 1.82) is 0 Å². The molecule has 5 nitrogen and oxygen atoms in total. The Morgan fingerprint density at radius 1 is 1.00 bits per heavy atom. The molecule has 2 aromatic heterocycles. The molecule has 2 aromatic carbocycles. The van der Waals surface area contributed by atoms with Gasteiger partial charge in [0.05, 0.1) is 24.2 Å². The molecule has 32 heavy (non-hydrogen) atoms. The SMILES string of the molecule is COc1cc2c(NC(C)c3cccc(C(F)F)c3F)nc(C)nc2cc1-c1ccncc1. The minimum absolute atomic E-state index is 0.132. The van der Waals surface area contributed by atoms with Crippen molar-refractivity contribution >= 4 is 16.7 Å². The molecule has 0 aliphatic rings. The van der Waals surface area contributed by atoms with Crippen LogP contribution in [0.25, 0.3) is 22.0 Å².